The molecule has 0 aliphatic carbocycles. The second-order valence-electron chi connectivity index (χ2n) is 6.09. The Hall–Kier alpha value is -2.79. The number of methoxy groups -OCH3 is 1. The number of anilines is 1. The summed E-state index contributed by atoms with van der Waals surface area (Å²) in [6.07, 6.45) is 0. The Labute approximate surface area is 157 Å². The summed E-state index contributed by atoms with van der Waals surface area (Å²) in [7, 11) is 1.55. The van der Waals surface area contributed by atoms with Crippen molar-refractivity contribution in [3.8, 4) is 5.75 Å². The van der Waals surface area contributed by atoms with E-state index in [2.05, 4.69) is 10.4 Å². The Balaban J connectivity index is 1.68. The Morgan fingerprint density at radius 3 is 2.46 bits per heavy atom. The minimum absolute atomic E-state index is 0.191. The van der Waals surface area contributed by atoms with Crippen LogP contribution in [0.15, 0.2) is 48.5 Å². The Morgan fingerprint density at radius 2 is 1.88 bits per heavy atom. The van der Waals surface area contributed by atoms with E-state index in [1.54, 1.807) is 25.3 Å². The molecule has 1 N–H and O–H groups in total. The number of hydrogen-bond donors (Lipinski definition) is 1. The number of nitrogens with zero attached hydrogens (tertiary/aromatic N) is 2. The van der Waals surface area contributed by atoms with Crippen LogP contribution in [0.5, 0.6) is 5.75 Å². The first kappa shape index (κ1) is 18.0. The topological polar surface area (TPSA) is 56.1 Å². The molecule has 1 heterocycles. The molecule has 0 fully saturated rings. The van der Waals surface area contributed by atoms with Crippen LogP contribution in [0.2, 0.25) is 5.02 Å². The number of ether oxygens (including phenoxy) is 1. The van der Waals surface area contributed by atoms with Crippen molar-refractivity contribution in [3.63, 3.8) is 0 Å². The van der Waals surface area contributed by atoms with E-state index in [0.717, 1.165) is 17.0 Å². The van der Waals surface area contributed by atoms with E-state index in [1.165, 1.54) is 0 Å². The molecule has 26 heavy (non-hydrogen) atoms. The van der Waals surface area contributed by atoms with Crippen LogP contribution in [0.25, 0.3) is 0 Å². The van der Waals surface area contributed by atoms with E-state index in [4.69, 9.17) is 16.3 Å². The number of hydrogen-bond acceptors (Lipinski definition) is 3. The smallest absolute Gasteiger partial charge is 0.255 e. The zero-order chi connectivity index (χ0) is 18.7. The highest BCUT2D eigenvalue weighted by Crippen LogP contribution is 2.27. The van der Waals surface area contributed by atoms with Crippen LogP contribution in [0.3, 0.4) is 0 Å². The van der Waals surface area contributed by atoms with Gasteiger partial charge in [-0.3, -0.25) is 9.48 Å². The molecule has 134 valence electrons. The van der Waals surface area contributed by atoms with Gasteiger partial charge in [-0.15, -0.1) is 0 Å². The number of aryl methyl sites for hydroxylation is 2. The van der Waals surface area contributed by atoms with E-state index < -0.39 is 0 Å². The molecule has 0 aliphatic heterocycles. The molecule has 0 atom stereocenters. The summed E-state index contributed by atoms with van der Waals surface area (Å²) in [6.45, 7) is 4.68. The van der Waals surface area contributed by atoms with Gasteiger partial charge in [-0.2, -0.15) is 5.10 Å². The molecule has 0 saturated heterocycles. The minimum atomic E-state index is -0.191. The van der Waals surface area contributed by atoms with Crippen molar-refractivity contribution >= 4 is 23.2 Å². The molecule has 0 radical (unpaired) electrons. The lowest BCUT2D eigenvalue weighted by Gasteiger charge is -2.09. The van der Waals surface area contributed by atoms with E-state index >= 15 is 0 Å². The van der Waals surface area contributed by atoms with E-state index in [-0.39, 0.29) is 5.91 Å². The van der Waals surface area contributed by atoms with Gasteiger partial charge >= 0.3 is 0 Å². The first-order valence-corrected chi connectivity index (χ1v) is 8.59. The number of aromatic nitrogens is 2. The van der Waals surface area contributed by atoms with Gasteiger partial charge in [0.05, 0.1) is 24.4 Å². The third kappa shape index (κ3) is 4.06. The maximum absolute atomic E-state index is 12.4. The molecule has 3 rings (SSSR count). The number of halogens is 1. The third-order valence-electron chi connectivity index (χ3n) is 4.06. The second-order valence-corrected chi connectivity index (χ2v) is 6.49. The number of rotatable bonds is 5. The van der Waals surface area contributed by atoms with Crippen LogP contribution in [-0.2, 0) is 6.54 Å². The van der Waals surface area contributed by atoms with Gasteiger partial charge in [0.25, 0.3) is 5.91 Å². The van der Waals surface area contributed by atoms with Crippen molar-refractivity contribution in [2.75, 3.05) is 12.4 Å². The van der Waals surface area contributed by atoms with Crippen molar-refractivity contribution in [2.45, 2.75) is 20.4 Å². The predicted molar refractivity (Wildman–Crippen MR) is 103 cm³/mol. The van der Waals surface area contributed by atoms with Crippen LogP contribution in [-0.4, -0.2) is 22.8 Å². The summed E-state index contributed by atoms with van der Waals surface area (Å²) in [4.78, 5) is 12.4. The first-order chi connectivity index (χ1) is 12.5. The molecule has 3 aromatic rings. The quantitative estimate of drug-likeness (QED) is 0.722. The zero-order valence-corrected chi connectivity index (χ0v) is 15.7. The number of amides is 1. The van der Waals surface area contributed by atoms with Gasteiger partial charge in [-0.05, 0) is 55.8 Å². The molecule has 0 bridgehead atoms. The fourth-order valence-electron chi connectivity index (χ4n) is 2.72. The molecular weight excluding hydrogens is 350 g/mol. The molecule has 5 nitrogen and oxygen atoms in total. The lowest BCUT2D eigenvalue weighted by molar-refractivity contribution is 0.102. The number of nitrogens with one attached hydrogen (secondary N) is 1. The van der Waals surface area contributed by atoms with Crippen molar-refractivity contribution in [2.24, 2.45) is 0 Å². The van der Waals surface area contributed by atoms with E-state index in [9.17, 15) is 4.79 Å². The molecule has 0 spiro atoms. The molecule has 6 heteroatoms. The highest BCUT2D eigenvalue weighted by atomic mass is 35.5. The average Bonchev–Trinajstić information content (AvgIpc) is 2.93. The standard InChI is InChI=1S/C20H20ClN3O2/c1-13-10-14(2)24(23-13)12-15-4-6-16(7-5-15)20(25)22-17-8-9-19(26-3)18(21)11-17/h4-11H,12H2,1-3H3,(H,22,25). The number of carbonyl (C=O) groups is 1. The van der Waals surface area contributed by atoms with Crippen LogP contribution in [0, 0.1) is 13.8 Å². The fraction of sp³-hybridized carbons (Fsp3) is 0.200. The van der Waals surface area contributed by atoms with Gasteiger partial charge in [-0.1, -0.05) is 23.7 Å². The third-order valence-corrected chi connectivity index (χ3v) is 4.36. The van der Waals surface area contributed by atoms with Crippen molar-refractivity contribution in [1.82, 2.24) is 9.78 Å². The average molecular weight is 370 g/mol. The summed E-state index contributed by atoms with van der Waals surface area (Å²) in [5.74, 6) is 0.377. The second kappa shape index (κ2) is 7.62. The molecule has 0 saturated carbocycles. The van der Waals surface area contributed by atoms with Crippen molar-refractivity contribution in [3.05, 3.63) is 76.1 Å². The summed E-state index contributed by atoms with van der Waals surface area (Å²) in [5, 5.41) is 7.74. The Bertz CT molecular complexity index is 933. The SMILES string of the molecule is COc1ccc(NC(=O)c2ccc(Cn3nc(C)cc3C)cc2)cc1Cl. The molecule has 0 aliphatic rings. The zero-order valence-electron chi connectivity index (χ0n) is 14.9. The lowest BCUT2D eigenvalue weighted by Crippen LogP contribution is -2.12. The molecule has 1 amide bonds. The Kier molecular flexibility index (Phi) is 5.28. The van der Waals surface area contributed by atoms with Gasteiger partial charge in [-0.25, -0.2) is 0 Å². The number of carbonyl (C=O) groups excluding carboxylic acids is 1. The maximum Gasteiger partial charge on any atom is 0.255 e. The van der Waals surface area contributed by atoms with E-state index in [1.807, 2.05) is 48.9 Å². The molecular formula is C20H20ClN3O2. The molecule has 0 unspecified atom stereocenters. The summed E-state index contributed by atoms with van der Waals surface area (Å²) >= 11 is 6.09. The van der Waals surface area contributed by atoms with E-state index in [0.29, 0.717) is 28.6 Å². The van der Waals surface area contributed by atoms with Gasteiger partial charge < -0.3 is 10.1 Å². The monoisotopic (exact) mass is 369 g/mol. The van der Waals surface area contributed by atoms with Gasteiger partial charge in [0, 0.05) is 16.9 Å². The van der Waals surface area contributed by atoms with Crippen LogP contribution in [0.4, 0.5) is 5.69 Å². The van der Waals surface area contributed by atoms with Gasteiger partial charge in [0.2, 0.25) is 0 Å². The predicted octanol–water partition coefficient (Wildman–Crippen LogP) is 4.46. The largest absolute Gasteiger partial charge is 0.495 e. The van der Waals surface area contributed by atoms with Gasteiger partial charge in [0.1, 0.15) is 5.75 Å². The Morgan fingerprint density at radius 1 is 1.15 bits per heavy atom. The summed E-state index contributed by atoms with van der Waals surface area (Å²) in [6, 6.07) is 14.7. The highest BCUT2D eigenvalue weighted by Gasteiger charge is 2.09. The summed E-state index contributed by atoms with van der Waals surface area (Å²) < 4.78 is 7.06. The van der Waals surface area contributed by atoms with Crippen molar-refractivity contribution in [1.29, 1.82) is 0 Å². The molecule has 2 aromatic carbocycles. The van der Waals surface area contributed by atoms with Crippen LogP contribution in [0.1, 0.15) is 27.3 Å². The van der Waals surface area contributed by atoms with Crippen molar-refractivity contribution < 1.29 is 9.53 Å². The maximum atomic E-state index is 12.4. The first-order valence-electron chi connectivity index (χ1n) is 8.21. The highest BCUT2D eigenvalue weighted by molar-refractivity contribution is 6.32. The van der Waals surface area contributed by atoms with Gasteiger partial charge in [0.15, 0.2) is 0 Å². The minimum Gasteiger partial charge on any atom is -0.495 e. The van der Waals surface area contributed by atoms with Crippen LogP contribution >= 0.6 is 11.6 Å². The fourth-order valence-corrected chi connectivity index (χ4v) is 2.97. The lowest BCUT2D eigenvalue weighted by atomic mass is 10.1. The number of benzene rings is 2. The normalized spacial score (nSPS) is 10.6. The molecule has 1 aromatic heterocycles. The van der Waals surface area contributed by atoms with Crippen LogP contribution < -0.4 is 10.1 Å². The summed E-state index contributed by atoms with van der Waals surface area (Å²) in [5.41, 5.74) is 4.39.